The topological polar surface area (TPSA) is 341 Å². The van der Waals surface area contributed by atoms with Gasteiger partial charge < -0.3 is 71.6 Å². The van der Waals surface area contributed by atoms with Gasteiger partial charge in [0.15, 0.2) is 5.78 Å². The number of hydrogen-bond acceptors (Lipinski definition) is 16. The first-order valence-corrected chi connectivity index (χ1v) is 32.0. The lowest BCUT2D eigenvalue weighted by Gasteiger charge is -2.28. The van der Waals surface area contributed by atoms with Gasteiger partial charge in [0, 0.05) is 51.4 Å². The van der Waals surface area contributed by atoms with Gasteiger partial charge in [-0.05, 0) is 108 Å². The quantitative estimate of drug-likeness (QED) is 0.0384. The number of phenols is 1. The van der Waals surface area contributed by atoms with Gasteiger partial charge in [0.05, 0.1) is 58.3 Å². The maximum Gasteiger partial charge on any atom is 0.326 e. The van der Waals surface area contributed by atoms with Crippen molar-refractivity contribution < 1.29 is 72.3 Å². The van der Waals surface area contributed by atoms with Gasteiger partial charge in [-0.25, -0.2) is 4.79 Å². The number of nitrogens with two attached hydrogens (primary N) is 1. The third-order valence-corrected chi connectivity index (χ3v) is 15.3. The number of primary amides is 1. The van der Waals surface area contributed by atoms with Crippen LogP contribution in [0.15, 0.2) is 24.3 Å². The Morgan fingerprint density at radius 3 is 1.53 bits per heavy atom. The molecule has 0 spiro atoms. The molecular weight excluding hydrogens is 1110 g/mol. The molecule has 11 N–H and O–H groups in total. The van der Waals surface area contributed by atoms with Crippen LogP contribution in [-0.4, -0.2) is 174 Å². The van der Waals surface area contributed by atoms with Crippen molar-refractivity contribution in [3.8, 4) is 5.75 Å². The van der Waals surface area contributed by atoms with Crippen molar-refractivity contribution in [3.05, 3.63) is 29.8 Å². The first kappa shape index (κ1) is 76.5. The van der Waals surface area contributed by atoms with Crippen molar-refractivity contribution in [3.63, 3.8) is 0 Å². The van der Waals surface area contributed by atoms with Crippen LogP contribution in [0.3, 0.4) is 0 Å². The summed E-state index contributed by atoms with van der Waals surface area (Å²) in [7, 11) is 1.68. The van der Waals surface area contributed by atoms with Crippen LogP contribution in [0, 0.1) is 11.8 Å². The number of aliphatic carboxylic acids is 1. The molecule has 86 heavy (non-hydrogen) atoms. The highest BCUT2D eigenvalue weighted by Crippen LogP contribution is 2.29. The predicted octanol–water partition coefficient (Wildman–Crippen LogP) is 5.00. The standard InChI is InChI=1S/C63H108N8O15/c1-48(72)21-17-15-13-11-9-7-5-3-4-6-8-10-12-14-16-18-23-57(75)70-44-50-24-28-51(29-25-50)62(80)71-54(63(81)82)32-33-58(76)67-35-37-83-39-42-86-47-60(78)68-36-38-84-40-41-85-46-59(77)66-34-20-19-22-53(65-2)56(74)45-69-55(61(64)79)43-49-26-30-52(73)31-27-49/h26-27,30-31,50-51,53-55,65,69,73H,3-25,28-29,32-47H2,1-2H3,(H2,64,79)(H,66,77)(H,67,76)(H,68,78)(H,70,75)(H,71,80)(H,81,82)/t50?,51?,53-,54?,55-/m0/s1. The average molecular weight is 1220 g/mol. The molecule has 0 heterocycles. The molecule has 1 aliphatic carbocycles. The van der Waals surface area contributed by atoms with Crippen LogP contribution >= 0.6 is 0 Å². The van der Waals surface area contributed by atoms with Crippen LogP contribution in [0.25, 0.3) is 0 Å². The number of phenolic OH excluding ortho intramolecular Hbond substituents is 1. The van der Waals surface area contributed by atoms with Gasteiger partial charge in [-0.3, -0.25) is 38.9 Å². The van der Waals surface area contributed by atoms with Gasteiger partial charge in [0.25, 0.3) is 0 Å². The molecule has 3 atom stereocenters. The summed E-state index contributed by atoms with van der Waals surface area (Å²) in [5, 5.41) is 39.0. The highest BCUT2D eigenvalue weighted by atomic mass is 16.5. The average Bonchev–Trinajstić information content (AvgIpc) is 3.70. The molecule has 23 nitrogen and oxygen atoms in total. The molecule has 1 fully saturated rings. The number of Topliss-reactive ketones (excluding diaryl/α,β-unsaturated/α-hetero) is 2. The van der Waals surface area contributed by atoms with Crippen molar-refractivity contribution >= 4 is 53.0 Å². The smallest absolute Gasteiger partial charge is 0.326 e. The first-order valence-electron chi connectivity index (χ1n) is 32.0. The van der Waals surface area contributed by atoms with E-state index in [2.05, 4.69) is 37.2 Å². The number of ether oxygens (including phenoxy) is 4. The fraction of sp³-hybridized carbons (Fsp3) is 0.762. The second-order valence-corrected chi connectivity index (χ2v) is 22.7. The molecule has 23 heteroatoms. The van der Waals surface area contributed by atoms with Gasteiger partial charge >= 0.3 is 5.97 Å². The lowest BCUT2D eigenvalue weighted by molar-refractivity contribution is -0.143. The minimum Gasteiger partial charge on any atom is -0.508 e. The number of benzene rings is 1. The number of likely N-dealkylation sites (N-methyl/N-ethyl adjacent to an activating group) is 1. The van der Waals surface area contributed by atoms with E-state index < -0.39 is 30.0 Å². The van der Waals surface area contributed by atoms with Crippen molar-refractivity contribution in [2.75, 3.05) is 92.6 Å². The van der Waals surface area contributed by atoms with E-state index in [1.165, 1.54) is 89.2 Å². The molecule has 0 aromatic heterocycles. The highest BCUT2D eigenvalue weighted by Gasteiger charge is 2.30. The number of nitrogens with one attached hydrogen (secondary N) is 7. The van der Waals surface area contributed by atoms with E-state index in [-0.39, 0.29) is 145 Å². The zero-order valence-electron chi connectivity index (χ0n) is 52.0. The summed E-state index contributed by atoms with van der Waals surface area (Å²) in [5.41, 5.74) is 6.32. The Balaban J connectivity index is 1.37. The molecule has 0 aliphatic heterocycles. The Bertz CT molecular complexity index is 2060. The first-order chi connectivity index (χ1) is 41.6. The number of aromatic hydroxyl groups is 1. The summed E-state index contributed by atoms with van der Waals surface area (Å²) in [6, 6.07) is 4.02. The molecule has 1 aromatic rings. The van der Waals surface area contributed by atoms with E-state index in [1.807, 2.05) is 0 Å². The number of carbonyl (C=O) groups is 9. The minimum absolute atomic E-state index is 0.0495. The molecular formula is C63H108N8O15. The third kappa shape index (κ3) is 41.5. The number of unbranched alkanes of at least 4 members (excludes halogenated alkanes) is 16. The van der Waals surface area contributed by atoms with Crippen LogP contribution in [-0.2, 0) is 68.5 Å². The number of ketones is 2. The Kier molecular flexibility index (Phi) is 44.8. The van der Waals surface area contributed by atoms with E-state index in [9.17, 15) is 53.4 Å². The number of rotatable bonds is 56. The van der Waals surface area contributed by atoms with Crippen LogP contribution in [0.5, 0.6) is 5.75 Å². The Morgan fingerprint density at radius 1 is 0.535 bits per heavy atom. The highest BCUT2D eigenvalue weighted by molar-refractivity contribution is 5.87. The fourth-order valence-corrected chi connectivity index (χ4v) is 10.1. The van der Waals surface area contributed by atoms with E-state index in [0.29, 0.717) is 57.4 Å². The number of amides is 6. The number of carboxylic acids is 1. The summed E-state index contributed by atoms with van der Waals surface area (Å²) >= 11 is 0. The lowest BCUT2D eigenvalue weighted by Crippen LogP contribution is -2.48. The number of carbonyl (C=O) groups excluding carboxylic acids is 8. The molecule has 1 saturated carbocycles. The molecule has 490 valence electrons. The Labute approximate surface area is 511 Å². The lowest BCUT2D eigenvalue weighted by atomic mass is 9.81. The van der Waals surface area contributed by atoms with E-state index in [0.717, 1.165) is 50.5 Å². The maximum atomic E-state index is 13.0. The normalized spacial score (nSPS) is 15.0. The van der Waals surface area contributed by atoms with Crippen LogP contribution in [0.1, 0.15) is 186 Å². The van der Waals surface area contributed by atoms with Gasteiger partial charge in [-0.15, -0.1) is 0 Å². The van der Waals surface area contributed by atoms with Crippen LogP contribution in [0.4, 0.5) is 0 Å². The van der Waals surface area contributed by atoms with Gasteiger partial charge in [-0.1, -0.05) is 102 Å². The minimum atomic E-state index is -1.21. The molecule has 2 rings (SSSR count). The van der Waals surface area contributed by atoms with Gasteiger partial charge in [-0.2, -0.15) is 0 Å². The zero-order valence-corrected chi connectivity index (χ0v) is 52.0. The van der Waals surface area contributed by atoms with E-state index >= 15 is 0 Å². The monoisotopic (exact) mass is 1220 g/mol. The molecule has 1 unspecified atom stereocenters. The molecule has 0 saturated heterocycles. The second-order valence-electron chi connectivity index (χ2n) is 22.7. The maximum absolute atomic E-state index is 13.0. The predicted molar refractivity (Wildman–Crippen MR) is 328 cm³/mol. The van der Waals surface area contributed by atoms with Crippen molar-refractivity contribution in [1.29, 1.82) is 0 Å². The summed E-state index contributed by atoms with van der Waals surface area (Å²) in [6.07, 6.45) is 25.5. The van der Waals surface area contributed by atoms with Crippen molar-refractivity contribution in [2.45, 2.75) is 205 Å². The Morgan fingerprint density at radius 2 is 1.02 bits per heavy atom. The summed E-state index contributed by atoms with van der Waals surface area (Å²) < 4.78 is 21.6. The SMILES string of the molecule is CN[C@@H](CCCCNC(=O)COCCOCCNC(=O)COCCOCCNC(=O)CCC(NC(=O)C1CCC(CNC(=O)CCCCCCCCCCCCCCCCCCC(C)=O)CC1)C(=O)O)C(=O)CN[C@@H](Cc1ccc(O)cc1)C(N)=O. The largest absolute Gasteiger partial charge is 0.508 e. The summed E-state index contributed by atoms with van der Waals surface area (Å²) in [5.74, 6) is -2.81. The summed E-state index contributed by atoms with van der Waals surface area (Å²) in [6.45, 7) is 3.79. The molecule has 0 radical (unpaired) electrons. The van der Waals surface area contributed by atoms with Gasteiger partial charge in [0.2, 0.25) is 35.4 Å². The number of hydrogen-bond donors (Lipinski definition) is 10. The Hall–Kier alpha value is -5.59. The van der Waals surface area contributed by atoms with Crippen molar-refractivity contribution in [1.82, 2.24) is 37.2 Å². The van der Waals surface area contributed by atoms with E-state index in [1.54, 1.807) is 26.1 Å². The van der Waals surface area contributed by atoms with Crippen LogP contribution in [0.2, 0.25) is 0 Å². The number of carboxylic acid groups (broad SMARTS) is 1. The molecule has 6 amide bonds. The second kappa shape index (κ2) is 50.4. The van der Waals surface area contributed by atoms with Gasteiger partial charge in [0.1, 0.15) is 30.8 Å². The van der Waals surface area contributed by atoms with E-state index in [4.69, 9.17) is 24.7 Å². The van der Waals surface area contributed by atoms with Crippen LogP contribution < -0.4 is 43.0 Å². The molecule has 0 bridgehead atoms. The third-order valence-electron chi connectivity index (χ3n) is 15.3. The fourth-order valence-electron chi connectivity index (χ4n) is 10.1. The zero-order chi connectivity index (χ0) is 62.8. The summed E-state index contributed by atoms with van der Waals surface area (Å²) in [4.78, 5) is 110. The molecule has 1 aliphatic rings. The van der Waals surface area contributed by atoms with Crippen molar-refractivity contribution in [2.24, 2.45) is 17.6 Å². The molecule has 1 aromatic carbocycles.